The predicted molar refractivity (Wildman–Crippen MR) is 372 cm³/mol. The molecule has 546 valence electrons. The molecule has 0 bridgehead atoms. The second-order valence-electron chi connectivity index (χ2n) is 28.0. The van der Waals surface area contributed by atoms with Gasteiger partial charge in [0.25, 0.3) is 0 Å². The minimum Gasteiger partial charge on any atom is -0.462 e. The van der Waals surface area contributed by atoms with Gasteiger partial charge in [-0.2, -0.15) is 0 Å². The van der Waals surface area contributed by atoms with Crippen LogP contribution < -0.4 is 0 Å². The molecule has 0 aromatic carbocycles. The van der Waals surface area contributed by atoms with Crippen molar-refractivity contribution in [1.29, 1.82) is 0 Å². The van der Waals surface area contributed by atoms with Crippen LogP contribution in [0.1, 0.15) is 364 Å². The Hall–Kier alpha value is -1.94. The molecule has 92 heavy (non-hydrogen) atoms. The summed E-state index contributed by atoms with van der Waals surface area (Å²) in [5.74, 6) is 0.877. The molecule has 0 aliphatic heterocycles. The minimum absolute atomic E-state index is 0.105. The van der Waals surface area contributed by atoms with Crippen molar-refractivity contribution in [2.75, 3.05) is 39.6 Å². The van der Waals surface area contributed by atoms with Gasteiger partial charge in [0, 0.05) is 25.7 Å². The molecule has 19 heteroatoms. The number of ether oxygens (including phenoxy) is 4. The van der Waals surface area contributed by atoms with Gasteiger partial charge in [0.15, 0.2) is 12.2 Å². The lowest BCUT2D eigenvalue weighted by atomic mass is 10.00. The quantitative estimate of drug-likeness (QED) is 0.0222. The van der Waals surface area contributed by atoms with Crippen molar-refractivity contribution in [3.8, 4) is 0 Å². The number of hydrogen-bond acceptors (Lipinski definition) is 15. The highest BCUT2D eigenvalue weighted by Crippen LogP contribution is 2.45. The van der Waals surface area contributed by atoms with Crippen LogP contribution in [0.25, 0.3) is 0 Å². The summed E-state index contributed by atoms with van der Waals surface area (Å²) in [7, 11) is -9.91. The molecule has 0 aromatic rings. The highest BCUT2D eigenvalue weighted by Gasteiger charge is 2.30. The van der Waals surface area contributed by atoms with Gasteiger partial charge in [-0.05, 0) is 49.4 Å². The van der Waals surface area contributed by atoms with E-state index in [0.29, 0.717) is 31.6 Å². The predicted octanol–water partition coefficient (Wildman–Crippen LogP) is 20.9. The number of unbranched alkanes of at least 4 members (excludes halogenated alkanes) is 35. The molecule has 0 aromatic heterocycles. The van der Waals surface area contributed by atoms with Gasteiger partial charge in [0.05, 0.1) is 26.4 Å². The number of phosphoric acid groups is 2. The number of aliphatic hydroxyl groups is 1. The zero-order valence-corrected chi connectivity index (χ0v) is 62.0. The van der Waals surface area contributed by atoms with E-state index in [-0.39, 0.29) is 25.7 Å². The second kappa shape index (κ2) is 62.6. The van der Waals surface area contributed by atoms with Crippen LogP contribution >= 0.6 is 15.6 Å². The Morgan fingerprint density at radius 3 is 0.772 bits per heavy atom. The third-order valence-corrected chi connectivity index (χ3v) is 19.1. The van der Waals surface area contributed by atoms with Crippen LogP contribution in [0.3, 0.4) is 0 Å². The lowest BCUT2D eigenvalue weighted by Crippen LogP contribution is -2.30. The average Bonchev–Trinajstić information content (AvgIpc) is 1.83. The van der Waals surface area contributed by atoms with Crippen LogP contribution in [0.5, 0.6) is 0 Å². The molecule has 0 aliphatic carbocycles. The SMILES string of the molecule is CCC(C)CCCCCCCCC(=O)OC[C@H](COP(=O)(O)OC[C@H](O)COP(=O)(O)OC[C@@H](COC(=O)CCCCCCCCCC(C)C)OC(=O)CCCCCCCCCCCCCCCCCC(C)C)OC(=O)CCCCCCCCCCCCCC(C)C. The number of carbonyl (C=O) groups is 4. The normalized spacial score (nSPS) is 14.5. The Kier molecular flexibility index (Phi) is 61.3. The fourth-order valence-electron chi connectivity index (χ4n) is 11.0. The van der Waals surface area contributed by atoms with Crippen molar-refractivity contribution in [2.45, 2.75) is 382 Å². The van der Waals surface area contributed by atoms with E-state index in [1.54, 1.807) is 0 Å². The molecule has 3 N–H and O–H groups in total. The Labute approximate surface area is 562 Å². The molecule has 3 unspecified atom stereocenters. The Morgan fingerprint density at radius 2 is 0.522 bits per heavy atom. The fourth-order valence-corrected chi connectivity index (χ4v) is 12.6. The molecule has 0 radical (unpaired) electrons. The van der Waals surface area contributed by atoms with Gasteiger partial charge in [-0.3, -0.25) is 37.3 Å². The third-order valence-electron chi connectivity index (χ3n) is 17.2. The second-order valence-corrected chi connectivity index (χ2v) is 30.9. The largest absolute Gasteiger partial charge is 0.472 e. The first-order chi connectivity index (χ1) is 44.1. The summed E-state index contributed by atoms with van der Waals surface area (Å²) in [6.45, 7) is 14.1. The number of rotatable bonds is 70. The van der Waals surface area contributed by atoms with E-state index < -0.39 is 97.5 Å². The van der Waals surface area contributed by atoms with Crippen molar-refractivity contribution < 1.29 is 80.2 Å². The molecular formula is C73H142O17P2. The van der Waals surface area contributed by atoms with Crippen LogP contribution in [-0.2, 0) is 65.4 Å². The van der Waals surface area contributed by atoms with E-state index in [0.717, 1.165) is 120 Å². The molecule has 17 nitrogen and oxygen atoms in total. The van der Waals surface area contributed by atoms with Crippen LogP contribution in [0.15, 0.2) is 0 Å². The van der Waals surface area contributed by atoms with Gasteiger partial charge in [-0.25, -0.2) is 9.13 Å². The van der Waals surface area contributed by atoms with Crippen LogP contribution in [0.2, 0.25) is 0 Å². The highest BCUT2D eigenvalue weighted by molar-refractivity contribution is 7.47. The standard InChI is InChI=1S/C73H142O17P2/c1-9-66(8)52-44-36-31-32-38-46-54-71(76)84-60-69(90-73(78)56-48-40-29-23-19-15-17-21-26-34-42-50-64(4)5)62-88-92(81,82)86-58-67(74)57-85-91(79,80)87-61-68(59-83-70(75)53-45-37-30-24-27-35-43-51-65(6)7)89-72(77)55-47-39-28-22-18-14-12-10-11-13-16-20-25-33-41-49-63(2)3/h63-69,74H,9-62H2,1-8H3,(H,79,80)(H,81,82)/t66?,67-,68-,69-/m1/s1. The summed E-state index contributed by atoms with van der Waals surface area (Å²) in [4.78, 5) is 72.6. The molecule has 0 fully saturated rings. The molecule has 0 saturated carbocycles. The summed E-state index contributed by atoms with van der Waals surface area (Å²) in [5, 5.41) is 10.6. The van der Waals surface area contributed by atoms with E-state index in [1.165, 1.54) is 154 Å². The average molecular weight is 1350 g/mol. The van der Waals surface area contributed by atoms with E-state index in [1.807, 2.05) is 0 Å². The van der Waals surface area contributed by atoms with E-state index >= 15 is 0 Å². The highest BCUT2D eigenvalue weighted by atomic mass is 31.2. The number of aliphatic hydroxyl groups excluding tert-OH is 1. The van der Waals surface area contributed by atoms with Gasteiger partial charge in [0.1, 0.15) is 19.3 Å². The van der Waals surface area contributed by atoms with Crippen molar-refractivity contribution in [1.82, 2.24) is 0 Å². The van der Waals surface area contributed by atoms with Crippen LogP contribution in [0, 0.1) is 23.7 Å². The third kappa shape index (κ3) is 65.4. The molecular weight excluding hydrogens is 1210 g/mol. The number of carbonyl (C=O) groups excluding carboxylic acids is 4. The van der Waals surface area contributed by atoms with E-state index in [2.05, 4.69) is 55.4 Å². The van der Waals surface area contributed by atoms with Gasteiger partial charge < -0.3 is 33.8 Å². The van der Waals surface area contributed by atoms with Crippen LogP contribution in [0.4, 0.5) is 0 Å². The van der Waals surface area contributed by atoms with Crippen LogP contribution in [-0.4, -0.2) is 96.7 Å². The minimum atomic E-state index is -4.95. The molecule has 0 rings (SSSR count). The number of esters is 4. The first kappa shape index (κ1) is 90.1. The summed E-state index contributed by atoms with van der Waals surface area (Å²) in [6, 6.07) is 0. The van der Waals surface area contributed by atoms with Gasteiger partial charge in [0.2, 0.25) is 0 Å². The Balaban J connectivity index is 5.22. The maximum absolute atomic E-state index is 13.0. The van der Waals surface area contributed by atoms with Crippen molar-refractivity contribution in [2.24, 2.45) is 23.7 Å². The first-order valence-corrected chi connectivity index (χ1v) is 40.7. The summed E-state index contributed by atoms with van der Waals surface area (Å²) in [5.41, 5.74) is 0. The first-order valence-electron chi connectivity index (χ1n) is 37.7. The van der Waals surface area contributed by atoms with E-state index in [4.69, 9.17) is 37.0 Å². The van der Waals surface area contributed by atoms with Crippen molar-refractivity contribution in [3.63, 3.8) is 0 Å². The fraction of sp³-hybridized carbons (Fsp3) is 0.945. The maximum Gasteiger partial charge on any atom is 0.472 e. The zero-order chi connectivity index (χ0) is 68.2. The monoisotopic (exact) mass is 1350 g/mol. The van der Waals surface area contributed by atoms with Gasteiger partial charge in [-0.1, -0.05) is 312 Å². The van der Waals surface area contributed by atoms with Gasteiger partial charge in [-0.15, -0.1) is 0 Å². The van der Waals surface area contributed by atoms with Crippen molar-refractivity contribution in [3.05, 3.63) is 0 Å². The Bertz CT molecular complexity index is 1820. The number of phosphoric ester groups is 2. The molecule has 0 amide bonds. The molecule has 0 spiro atoms. The maximum atomic E-state index is 13.0. The zero-order valence-electron chi connectivity index (χ0n) is 60.2. The van der Waals surface area contributed by atoms with E-state index in [9.17, 15) is 43.2 Å². The van der Waals surface area contributed by atoms with Gasteiger partial charge >= 0.3 is 39.5 Å². The lowest BCUT2D eigenvalue weighted by molar-refractivity contribution is -0.161. The molecule has 6 atom stereocenters. The smallest absolute Gasteiger partial charge is 0.462 e. The molecule has 0 heterocycles. The topological polar surface area (TPSA) is 237 Å². The van der Waals surface area contributed by atoms with Crippen molar-refractivity contribution >= 4 is 39.5 Å². The molecule has 0 aliphatic rings. The summed E-state index contributed by atoms with van der Waals surface area (Å²) in [6.07, 6.45) is 45.9. The lowest BCUT2D eigenvalue weighted by Gasteiger charge is -2.21. The Morgan fingerprint density at radius 1 is 0.304 bits per heavy atom. The summed E-state index contributed by atoms with van der Waals surface area (Å²) < 4.78 is 68.4. The number of hydrogen-bond donors (Lipinski definition) is 3. The molecule has 0 saturated heterocycles. The summed E-state index contributed by atoms with van der Waals surface area (Å²) >= 11 is 0.